The Bertz CT molecular complexity index is 1190. The van der Waals surface area contributed by atoms with Crippen LogP contribution in [0.15, 0.2) is 42.5 Å². The predicted molar refractivity (Wildman–Crippen MR) is 128 cm³/mol. The van der Waals surface area contributed by atoms with E-state index < -0.39 is 5.91 Å². The molecule has 0 unspecified atom stereocenters. The van der Waals surface area contributed by atoms with Gasteiger partial charge in [0.1, 0.15) is 5.82 Å². The van der Waals surface area contributed by atoms with Crippen LogP contribution < -0.4 is 20.5 Å². The van der Waals surface area contributed by atoms with Crippen molar-refractivity contribution in [1.82, 2.24) is 9.78 Å². The van der Waals surface area contributed by atoms with Crippen LogP contribution in [0, 0.1) is 13.8 Å². The number of amides is 2. The molecule has 0 saturated carbocycles. The van der Waals surface area contributed by atoms with Gasteiger partial charge in [0.15, 0.2) is 18.1 Å². The molecule has 1 aliphatic heterocycles. The maximum atomic E-state index is 12.6. The lowest BCUT2D eigenvalue weighted by Crippen LogP contribution is -2.20. The number of nitrogens with zero attached hydrogens (tertiary/aromatic N) is 2. The van der Waals surface area contributed by atoms with Crippen LogP contribution in [0.2, 0.25) is 0 Å². The first-order chi connectivity index (χ1) is 15.9. The Morgan fingerprint density at radius 3 is 2.64 bits per heavy atom. The van der Waals surface area contributed by atoms with E-state index >= 15 is 0 Å². The molecule has 0 bridgehead atoms. The fraction of sp³-hybridized carbons (Fsp3) is 0.292. The summed E-state index contributed by atoms with van der Waals surface area (Å²) in [5.41, 5.74) is 9.95. The van der Waals surface area contributed by atoms with Crippen LogP contribution in [0.5, 0.6) is 11.5 Å². The van der Waals surface area contributed by atoms with Crippen LogP contribution in [-0.2, 0) is 9.59 Å². The number of carbonyl (C=O) groups is 2. The quantitative estimate of drug-likeness (QED) is 0.552. The largest absolute Gasteiger partial charge is 0.490 e. The number of hydrogen-bond acceptors (Lipinski definition) is 6. The monoisotopic (exact) mass is 466 g/mol. The molecule has 1 atom stereocenters. The number of thioether (sulfide) groups is 1. The molecular formula is C24H26N4O4S. The van der Waals surface area contributed by atoms with Gasteiger partial charge in [-0.15, -0.1) is 11.8 Å². The number of ether oxygens (including phenoxy) is 2. The smallest absolute Gasteiger partial charge is 0.255 e. The summed E-state index contributed by atoms with van der Waals surface area (Å²) in [4.78, 5) is 23.7. The van der Waals surface area contributed by atoms with E-state index in [1.54, 1.807) is 10.7 Å². The molecule has 9 heteroatoms. The highest BCUT2D eigenvalue weighted by Gasteiger charge is 2.31. The molecule has 2 heterocycles. The first-order valence-corrected chi connectivity index (χ1v) is 11.7. The predicted octanol–water partition coefficient (Wildman–Crippen LogP) is 3.53. The second kappa shape index (κ2) is 9.58. The molecule has 8 nitrogen and oxygen atoms in total. The lowest BCUT2D eigenvalue weighted by molar-refractivity contribution is -0.120. The molecule has 1 aliphatic rings. The van der Waals surface area contributed by atoms with E-state index in [2.05, 4.69) is 5.32 Å². The number of nitrogens with two attached hydrogens (primary N) is 1. The molecule has 33 heavy (non-hydrogen) atoms. The van der Waals surface area contributed by atoms with Gasteiger partial charge in [0.25, 0.3) is 5.91 Å². The van der Waals surface area contributed by atoms with Crippen molar-refractivity contribution in [2.75, 3.05) is 24.3 Å². The number of hydrogen-bond donors (Lipinski definition) is 2. The summed E-state index contributed by atoms with van der Waals surface area (Å²) in [7, 11) is 0. The summed E-state index contributed by atoms with van der Waals surface area (Å²) < 4.78 is 13.1. The normalized spacial score (nSPS) is 15.4. The minimum atomic E-state index is -0.561. The SMILES string of the molecule is CCOc1cc([C@H]2SCC(=O)Nc3c2c(C)nn3-c2ccc(C)cc2)ccc1OCC(N)=O. The third kappa shape index (κ3) is 4.83. The van der Waals surface area contributed by atoms with E-state index in [0.717, 1.165) is 28.1 Å². The van der Waals surface area contributed by atoms with Crippen LogP contribution in [0.25, 0.3) is 5.69 Å². The van der Waals surface area contributed by atoms with E-state index in [0.29, 0.717) is 29.7 Å². The number of primary amides is 1. The minimum Gasteiger partial charge on any atom is -0.490 e. The Labute approximate surface area is 196 Å². The van der Waals surface area contributed by atoms with E-state index in [1.807, 2.05) is 57.2 Å². The van der Waals surface area contributed by atoms with Crippen molar-refractivity contribution < 1.29 is 19.1 Å². The maximum absolute atomic E-state index is 12.6. The average molecular weight is 467 g/mol. The fourth-order valence-electron chi connectivity index (χ4n) is 3.74. The Balaban J connectivity index is 1.78. The van der Waals surface area contributed by atoms with Crippen molar-refractivity contribution in [2.45, 2.75) is 26.0 Å². The second-order valence-electron chi connectivity index (χ2n) is 7.73. The molecular weight excluding hydrogens is 440 g/mol. The Hall–Kier alpha value is -3.46. The molecule has 0 radical (unpaired) electrons. The number of fused-ring (bicyclic) bond motifs is 1. The molecule has 4 rings (SSSR count). The first-order valence-electron chi connectivity index (χ1n) is 10.6. The van der Waals surface area contributed by atoms with Crippen molar-refractivity contribution in [3.63, 3.8) is 0 Å². The standard InChI is InChI=1S/C24H26N4O4S/c1-4-31-19-11-16(7-10-18(19)32-12-20(25)29)23-22-15(3)27-28(17-8-5-14(2)6-9-17)24(22)26-21(30)13-33-23/h5-11,23H,4,12-13H2,1-3H3,(H2,25,29)(H,26,30)/t23-/m1/s1. The van der Waals surface area contributed by atoms with Gasteiger partial charge in [-0.2, -0.15) is 5.10 Å². The van der Waals surface area contributed by atoms with Gasteiger partial charge >= 0.3 is 0 Å². The van der Waals surface area contributed by atoms with Crippen LogP contribution in [-0.4, -0.2) is 40.6 Å². The number of aryl methyl sites for hydroxylation is 2. The van der Waals surface area contributed by atoms with Crippen molar-refractivity contribution in [1.29, 1.82) is 0 Å². The van der Waals surface area contributed by atoms with Gasteiger partial charge in [-0.05, 0) is 50.6 Å². The molecule has 0 spiro atoms. The lowest BCUT2D eigenvalue weighted by atomic mass is 10.0. The average Bonchev–Trinajstić information content (AvgIpc) is 2.98. The van der Waals surface area contributed by atoms with Crippen molar-refractivity contribution in [3.8, 4) is 17.2 Å². The summed E-state index contributed by atoms with van der Waals surface area (Å²) in [6.07, 6.45) is 0. The van der Waals surface area contributed by atoms with E-state index in [9.17, 15) is 9.59 Å². The van der Waals surface area contributed by atoms with Gasteiger partial charge in [0.05, 0.1) is 29.0 Å². The zero-order valence-electron chi connectivity index (χ0n) is 18.8. The van der Waals surface area contributed by atoms with Crippen LogP contribution in [0.3, 0.4) is 0 Å². The van der Waals surface area contributed by atoms with E-state index in [4.69, 9.17) is 20.3 Å². The number of nitrogens with one attached hydrogen (secondary N) is 1. The summed E-state index contributed by atoms with van der Waals surface area (Å²) in [5.74, 6) is 1.29. The highest BCUT2D eigenvalue weighted by atomic mass is 32.2. The highest BCUT2D eigenvalue weighted by molar-refractivity contribution is 8.00. The van der Waals surface area contributed by atoms with Gasteiger partial charge in [-0.25, -0.2) is 4.68 Å². The van der Waals surface area contributed by atoms with Crippen LogP contribution >= 0.6 is 11.8 Å². The number of benzene rings is 2. The van der Waals surface area contributed by atoms with Crippen molar-refractivity contribution in [3.05, 3.63) is 64.8 Å². The Morgan fingerprint density at radius 2 is 1.94 bits per heavy atom. The second-order valence-corrected chi connectivity index (χ2v) is 8.82. The molecule has 1 aromatic heterocycles. The highest BCUT2D eigenvalue weighted by Crippen LogP contribution is 2.45. The molecule has 172 valence electrons. The van der Waals surface area contributed by atoms with E-state index in [1.165, 1.54) is 11.8 Å². The van der Waals surface area contributed by atoms with Crippen molar-refractivity contribution in [2.24, 2.45) is 5.73 Å². The van der Waals surface area contributed by atoms with Crippen LogP contribution in [0.4, 0.5) is 5.82 Å². The third-order valence-corrected chi connectivity index (χ3v) is 6.50. The zero-order chi connectivity index (χ0) is 23.5. The third-order valence-electron chi connectivity index (χ3n) is 5.23. The van der Waals surface area contributed by atoms with Gasteiger partial charge in [-0.3, -0.25) is 9.59 Å². The summed E-state index contributed by atoms with van der Waals surface area (Å²) in [6, 6.07) is 13.6. The zero-order valence-corrected chi connectivity index (χ0v) is 19.6. The van der Waals surface area contributed by atoms with Crippen LogP contribution in [0.1, 0.15) is 34.6 Å². The number of rotatable bonds is 7. The molecule has 0 saturated heterocycles. The number of carbonyl (C=O) groups excluding carboxylic acids is 2. The summed E-state index contributed by atoms with van der Waals surface area (Å²) in [5, 5.41) is 7.64. The van der Waals surface area contributed by atoms with Gasteiger partial charge < -0.3 is 20.5 Å². The number of anilines is 1. The molecule has 3 N–H and O–H groups in total. The molecule has 0 aliphatic carbocycles. The van der Waals surface area contributed by atoms with Gasteiger partial charge in [0.2, 0.25) is 5.91 Å². The minimum absolute atomic E-state index is 0.0801. The number of aromatic nitrogens is 2. The Morgan fingerprint density at radius 1 is 1.18 bits per heavy atom. The molecule has 0 fully saturated rings. The lowest BCUT2D eigenvalue weighted by Gasteiger charge is -2.18. The molecule has 2 amide bonds. The van der Waals surface area contributed by atoms with E-state index in [-0.39, 0.29) is 17.8 Å². The van der Waals surface area contributed by atoms with Gasteiger partial charge in [-0.1, -0.05) is 23.8 Å². The molecule has 2 aromatic carbocycles. The van der Waals surface area contributed by atoms with Gasteiger partial charge in [0, 0.05) is 5.56 Å². The topological polar surface area (TPSA) is 108 Å². The Kier molecular flexibility index (Phi) is 6.60. The fourth-order valence-corrected chi connectivity index (χ4v) is 4.92. The molecule has 3 aromatic rings. The summed E-state index contributed by atoms with van der Waals surface area (Å²) in [6.45, 7) is 6.05. The summed E-state index contributed by atoms with van der Waals surface area (Å²) >= 11 is 1.53. The maximum Gasteiger partial charge on any atom is 0.255 e. The van der Waals surface area contributed by atoms with Crippen molar-refractivity contribution >= 4 is 29.4 Å². The first kappa shape index (κ1) is 22.7.